The fourth-order valence-corrected chi connectivity index (χ4v) is 0.385. The Kier molecular flexibility index (Phi) is 7.52. The summed E-state index contributed by atoms with van der Waals surface area (Å²) < 4.78 is 0. The molecule has 1 aromatic rings. The van der Waals surface area contributed by atoms with E-state index in [1.165, 1.54) is 0 Å². The summed E-state index contributed by atoms with van der Waals surface area (Å²) in [5, 5.41) is 0. The number of rotatable bonds is 0. The van der Waals surface area contributed by atoms with Gasteiger partial charge < -0.3 is 0 Å². The van der Waals surface area contributed by atoms with Crippen molar-refractivity contribution < 1.29 is 15.5 Å². The number of benzene rings is 1. The first-order valence-corrected chi connectivity index (χ1v) is 15.4. The molecule has 0 amide bonds. The molecular weight excluding hydrogens is 305 g/mol. The minimum Gasteiger partial charge on any atom is -0.0623 e. The monoisotopic (exact) mass is 308 g/mol. The summed E-state index contributed by atoms with van der Waals surface area (Å²) in [5.74, 6) is 0. The van der Waals surface area contributed by atoms with Gasteiger partial charge in [0, 0.05) is 0 Å². The molecule has 62 valence electrons. The summed E-state index contributed by atoms with van der Waals surface area (Å²) in [5.41, 5.74) is 0. The predicted octanol–water partition coefficient (Wildman–Crippen LogP) is 4.44. The summed E-state index contributed by atoms with van der Waals surface area (Å²) in [7, 11) is 20.1. The molecule has 0 bridgehead atoms. The second-order valence-electron chi connectivity index (χ2n) is 1.58. The minimum atomic E-state index is -3.29. The van der Waals surface area contributed by atoms with E-state index < -0.39 is 15.5 Å². The zero-order valence-corrected chi connectivity index (χ0v) is 11.0. The van der Waals surface area contributed by atoms with Gasteiger partial charge in [0.1, 0.15) is 0 Å². The van der Waals surface area contributed by atoms with Crippen molar-refractivity contribution >= 4 is 34.1 Å². The van der Waals surface area contributed by atoms with Crippen LogP contribution in [0.2, 0.25) is 0 Å². The van der Waals surface area contributed by atoms with Crippen LogP contribution in [0.15, 0.2) is 36.4 Å². The molecule has 0 atom stereocenters. The topological polar surface area (TPSA) is 0 Å². The smallest absolute Gasteiger partial charge is 0.0623 e. The number of hydrogen-bond donors (Lipinski definition) is 0. The van der Waals surface area contributed by atoms with E-state index >= 15 is 0 Å². The zero-order valence-electron chi connectivity index (χ0n) is 5.48. The second kappa shape index (κ2) is 6.74. The van der Waals surface area contributed by atoms with Crippen LogP contribution in [0.5, 0.6) is 0 Å². The van der Waals surface area contributed by atoms with Gasteiger partial charge in [-0.1, -0.05) is 36.4 Å². The summed E-state index contributed by atoms with van der Waals surface area (Å²) in [4.78, 5) is 0. The molecular formula is C6H6Cl4Zr. The summed E-state index contributed by atoms with van der Waals surface area (Å²) in [6, 6.07) is 12.0. The van der Waals surface area contributed by atoms with Gasteiger partial charge >= 0.3 is 49.5 Å². The van der Waals surface area contributed by atoms with Gasteiger partial charge in [0.05, 0.1) is 0 Å². The molecule has 0 aliphatic rings. The van der Waals surface area contributed by atoms with Crippen LogP contribution < -0.4 is 0 Å². The Hall–Kier alpha value is 1.26. The van der Waals surface area contributed by atoms with Gasteiger partial charge in [0.2, 0.25) is 0 Å². The molecule has 11 heavy (non-hydrogen) atoms. The first-order valence-electron chi connectivity index (χ1n) is 2.76. The van der Waals surface area contributed by atoms with Crippen LogP contribution in [0, 0.1) is 0 Å². The maximum atomic E-state index is 5.04. The molecule has 0 nitrogen and oxygen atoms in total. The van der Waals surface area contributed by atoms with Crippen molar-refractivity contribution in [1.29, 1.82) is 0 Å². The number of halogens is 4. The largest absolute Gasteiger partial charge is 0.0623 e. The standard InChI is InChI=1S/C6H6.4ClH.Zr/c1-2-4-6-5-3-1;;;;;/h1-6H;4*1H;/q;;;;;+4/p-4. The normalized spacial score (nSPS) is 9.82. The van der Waals surface area contributed by atoms with Crippen molar-refractivity contribution in [2.24, 2.45) is 0 Å². The third-order valence-electron chi connectivity index (χ3n) is 0.667. The number of hydrogen-bond acceptors (Lipinski definition) is 0. The van der Waals surface area contributed by atoms with Crippen molar-refractivity contribution in [3.63, 3.8) is 0 Å². The molecule has 0 saturated heterocycles. The molecule has 0 aliphatic carbocycles. The van der Waals surface area contributed by atoms with Crippen molar-refractivity contribution in [2.45, 2.75) is 0 Å². The first-order chi connectivity index (χ1) is 5.00. The molecule has 0 saturated carbocycles. The quantitative estimate of drug-likeness (QED) is 0.664. The van der Waals surface area contributed by atoms with E-state index in [1.54, 1.807) is 0 Å². The molecule has 0 heterocycles. The maximum absolute atomic E-state index is 5.04. The van der Waals surface area contributed by atoms with Crippen LogP contribution in [0.4, 0.5) is 0 Å². The molecule has 0 spiro atoms. The van der Waals surface area contributed by atoms with Crippen molar-refractivity contribution in [1.82, 2.24) is 0 Å². The van der Waals surface area contributed by atoms with Gasteiger partial charge in [0.25, 0.3) is 0 Å². The molecule has 0 aromatic heterocycles. The fourth-order valence-electron chi connectivity index (χ4n) is 0.385. The maximum Gasteiger partial charge on any atom is -0.0623 e. The Morgan fingerprint density at radius 1 is 0.545 bits per heavy atom. The van der Waals surface area contributed by atoms with Crippen LogP contribution in [0.3, 0.4) is 0 Å². The van der Waals surface area contributed by atoms with E-state index in [0.29, 0.717) is 0 Å². The molecule has 1 rings (SSSR count). The second-order valence-corrected chi connectivity index (χ2v) is 24.0. The molecule has 0 unspecified atom stereocenters. The minimum absolute atomic E-state index is 2.00. The first kappa shape index (κ1) is 12.3. The Labute approximate surface area is 85.0 Å². The summed E-state index contributed by atoms with van der Waals surface area (Å²) >= 11 is -3.29. The third kappa shape index (κ3) is 18.3. The van der Waals surface area contributed by atoms with Crippen molar-refractivity contribution in [2.75, 3.05) is 0 Å². The van der Waals surface area contributed by atoms with Gasteiger partial charge in [-0.2, -0.15) is 0 Å². The van der Waals surface area contributed by atoms with Crippen LogP contribution in [-0.4, -0.2) is 0 Å². The fraction of sp³-hybridized carbons (Fsp3) is 0. The Balaban J connectivity index is 0.000000187. The average Bonchev–Trinajstić information content (AvgIpc) is 1.88. The van der Waals surface area contributed by atoms with Crippen LogP contribution >= 0.6 is 34.1 Å². The van der Waals surface area contributed by atoms with Gasteiger partial charge in [-0.15, -0.1) is 0 Å². The molecule has 0 radical (unpaired) electrons. The molecule has 1 aromatic carbocycles. The Morgan fingerprint density at radius 3 is 0.727 bits per heavy atom. The van der Waals surface area contributed by atoms with Crippen molar-refractivity contribution in [3.8, 4) is 0 Å². The van der Waals surface area contributed by atoms with Gasteiger partial charge in [-0.05, 0) is 0 Å². The van der Waals surface area contributed by atoms with E-state index in [0.717, 1.165) is 0 Å². The third-order valence-corrected chi connectivity index (χ3v) is 0.667. The molecule has 0 fully saturated rings. The van der Waals surface area contributed by atoms with Gasteiger partial charge in [-0.3, -0.25) is 0 Å². The summed E-state index contributed by atoms with van der Waals surface area (Å²) in [6.45, 7) is 0. The van der Waals surface area contributed by atoms with Crippen LogP contribution in [0.25, 0.3) is 0 Å². The molecule has 0 N–H and O–H groups in total. The van der Waals surface area contributed by atoms with E-state index in [1.807, 2.05) is 36.4 Å². The Bertz CT molecular complexity index is 139. The van der Waals surface area contributed by atoms with Crippen molar-refractivity contribution in [3.05, 3.63) is 36.4 Å². The van der Waals surface area contributed by atoms with Crippen LogP contribution in [0.1, 0.15) is 0 Å². The predicted molar refractivity (Wildman–Crippen MR) is 49.9 cm³/mol. The van der Waals surface area contributed by atoms with Gasteiger partial charge in [0.15, 0.2) is 0 Å². The zero-order chi connectivity index (χ0) is 8.74. The van der Waals surface area contributed by atoms with Gasteiger partial charge in [-0.25, -0.2) is 0 Å². The Morgan fingerprint density at radius 2 is 0.636 bits per heavy atom. The van der Waals surface area contributed by atoms with E-state index in [4.69, 9.17) is 34.1 Å². The van der Waals surface area contributed by atoms with E-state index in [-0.39, 0.29) is 0 Å². The summed E-state index contributed by atoms with van der Waals surface area (Å²) in [6.07, 6.45) is 0. The molecule has 0 aliphatic heterocycles. The average molecular weight is 311 g/mol. The van der Waals surface area contributed by atoms with Crippen LogP contribution in [-0.2, 0) is 15.5 Å². The van der Waals surface area contributed by atoms with E-state index in [9.17, 15) is 0 Å². The molecule has 5 heteroatoms. The SMILES string of the molecule is [Cl][Zr]([Cl])([Cl])[Cl].c1ccccc1. The van der Waals surface area contributed by atoms with E-state index in [2.05, 4.69) is 0 Å².